The van der Waals surface area contributed by atoms with E-state index in [2.05, 4.69) is 5.32 Å². The summed E-state index contributed by atoms with van der Waals surface area (Å²) in [6.45, 7) is 1.15. The summed E-state index contributed by atoms with van der Waals surface area (Å²) in [5, 5.41) is 13.7. The molecule has 1 fully saturated rings. The Hall–Kier alpha value is -2.15. The Bertz CT molecular complexity index is 526. The zero-order valence-electron chi connectivity index (χ0n) is 11.5. The van der Waals surface area contributed by atoms with Crippen LogP contribution in [-0.2, 0) is 4.74 Å². The number of ether oxygens (including phenoxy) is 1. The molecule has 1 saturated heterocycles. The van der Waals surface area contributed by atoms with Crippen LogP contribution in [0.1, 0.15) is 16.8 Å². The molecule has 1 amide bonds. The predicted octanol–water partition coefficient (Wildman–Crippen LogP) is 1.50. The molecule has 0 spiro atoms. The normalized spacial score (nSPS) is 17.8. The third-order valence-corrected chi connectivity index (χ3v) is 3.48. The maximum Gasteiger partial charge on any atom is 0.293 e. The summed E-state index contributed by atoms with van der Waals surface area (Å²) in [7, 11) is 3.30. The lowest BCUT2D eigenvalue weighted by Gasteiger charge is -2.23. The SMILES string of the molecule is CNc1ccc(C(=O)N(C)C2CCOC2)cc1[N+](=O)[O-]. The van der Waals surface area contributed by atoms with Gasteiger partial charge in [0.05, 0.1) is 17.6 Å². The summed E-state index contributed by atoms with van der Waals surface area (Å²) in [6.07, 6.45) is 0.791. The molecule has 0 radical (unpaired) electrons. The number of nitrogens with one attached hydrogen (secondary N) is 1. The van der Waals surface area contributed by atoms with Crippen LogP contribution >= 0.6 is 0 Å². The first-order valence-corrected chi connectivity index (χ1v) is 6.35. The van der Waals surface area contributed by atoms with Crippen molar-refractivity contribution in [3.63, 3.8) is 0 Å². The number of benzene rings is 1. The van der Waals surface area contributed by atoms with Gasteiger partial charge in [0.25, 0.3) is 11.6 Å². The topological polar surface area (TPSA) is 84.7 Å². The molecule has 0 aromatic heterocycles. The number of nitro groups is 1. The lowest BCUT2D eigenvalue weighted by atomic mass is 10.1. The summed E-state index contributed by atoms with van der Waals surface area (Å²) in [5.74, 6) is -0.230. The molecule has 0 saturated carbocycles. The molecule has 0 aliphatic carbocycles. The zero-order valence-corrected chi connectivity index (χ0v) is 11.5. The Morgan fingerprint density at radius 2 is 2.30 bits per heavy atom. The summed E-state index contributed by atoms with van der Waals surface area (Å²) in [4.78, 5) is 24.4. The number of hydrogen-bond donors (Lipinski definition) is 1. The van der Waals surface area contributed by atoms with E-state index in [0.29, 0.717) is 24.5 Å². The number of carbonyl (C=O) groups excluding carboxylic acids is 1. The molecule has 0 bridgehead atoms. The molecule has 2 rings (SSSR count). The summed E-state index contributed by atoms with van der Waals surface area (Å²) in [5.41, 5.74) is 0.595. The molecule has 1 aromatic carbocycles. The van der Waals surface area contributed by atoms with Crippen molar-refractivity contribution in [2.24, 2.45) is 0 Å². The van der Waals surface area contributed by atoms with Crippen LogP contribution in [0.25, 0.3) is 0 Å². The van der Waals surface area contributed by atoms with Crippen molar-refractivity contribution < 1.29 is 14.5 Å². The van der Waals surface area contributed by atoms with Gasteiger partial charge >= 0.3 is 0 Å². The van der Waals surface area contributed by atoms with Gasteiger partial charge in [0.15, 0.2) is 0 Å². The third kappa shape index (κ3) is 2.72. The van der Waals surface area contributed by atoms with Gasteiger partial charge in [-0.25, -0.2) is 0 Å². The molecule has 20 heavy (non-hydrogen) atoms. The number of carbonyl (C=O) groups is 1. The van der Waals surface area contributed by atoms with E-state index in [0.717, 1.165) is 6.42 Å². The predicted molar refractivity (Wildman–Crippen MR) is 74.0 cm³/mol. The number of nitrogens with zero attached hydrogens (tertiary/aromatic N) is 2. The van der Waals surface area contributed by atoms with E-state index in [9.17, 15) is 14.9 Å². The summed E-state index contributed by atoms with van der Waals surface area (Å²) >= 11 is 0. The van der Waals surface area contributed by atoms with Crippen molar-refractivity contribution in [1.82, 2.24) is 4.90 Å². The van der Waals surface area contributed by atoms with E-state index in [1.54, 1.807) is 31.1 Å². The van der Waals surface area contributed by atoms with Crippen LogP contribution in [0, 0.1) is 10.1 Å². The highest BCUT2D eigenvalue weighted by Crippen LogP contribution is 2.26. The largest absolute Gasteiger partial charge is 0.383 e. The van der Waals surface area contributed by atoms with E-state index in [-0.39, 0.29) is 17.6 Å². The molecular formula is C13H17N3O4. The highest BCUT2D eigenvalue weighted by molar-refractivity contribution is 5.95. The van der Waals surface area contributed by atoms with Crippen LogP contribution in [0.15, 0.2) is 18.2 Å². The minimum atomic E-state index is -0.499. The number of nitro benzene ring substituents is 1. The molecule has 7 heteroatoms. The highest BCUT2D eigenvalue weighted by atomic mass is 16.6. The third-order valence-electron chi connectivity index (χ3n) is 3.48. The van der Waals surface area contributed by atoms with Crippen LogP contribution < -0.4 is 5.32 Å². The minimum Gasteiger partial charge on any atom is -0.383 e. The van der Waals surface area contributed by atoms with E-state index in [4.69, 9.17) is 4.74 Å². The smallest absolute Gasteiger partial charge is 0.293 e. The quantitative estimate of drug-likeness (QED) is 0.667. The van der Waals surface area contributed by atoms with E-state index >= 15 is 0 Å². The van der Waals surface area contributed by atoms with Gasteiger partial charge in [0.2, 0.25) is 0 Å². The van der Waals surface area contributed by atoms with Crippen LogP contribution in [0.3, 0.4) is 0 Å². The average Bonchev–Trinajstić information content (AvgIpc) is 2.99. The van der Waals surface area contributed by atoms with Gasteiger partial charge in [-0.15, -0.1) is 0 Å². The van der Waals surface area contributed by atoms with Crippen molar-refractivity contribution in [3.05, 3.63) is 33.9 Å². The second-order valence-corrected chi connectivity index (χ2v) is 4.67. The molecule has 1 atom stereocenters. The fraction of sp³-hybridized carbons (Fsp3) is 0.462. The van der Waals surface area contributed by atoms with Crippen molar-refractivity contribution in [3.8, 4) is 0 Å². The number of hydrogen-bond acceptors (Lipinski definition) is 5. The van der Waals surface area contributed by atoms with Gasteiger partial charge in [0, 0.05) is 32.3 Å². The molecule has 1 aliphatic rings. The second kappa shape index (κ2) is 5.87. The zero-order chi connectivity index (χ0) is 14.7. The number of amides is 1. The molecule has 1 aromatic rings. The van der Waals surface area contributed by atoms with Crippen LogP contribution in [-0.4, -0.2) is 49.1 Å². The Morgan fingerprint density at radius 3 is 2.85 bits per heavy atom. The molecular weight excluding hydrogens is 262 g/mol. The van der Waals surface area contributed by atoms with Crippen LogP contribution in [0.5, 0.6) is 0 Å². The highest BCUT2D eigenvalue weighted by Gasteiger charge is 2.26. The van der Waals surface area contributed by atoms with E-state index < -0.39 is 4.92 Å². The molecule has 1 unspecified atom stereocenters. The Labute approximate surface area is 116 Å². The molecule has 1 N–H and O–H groups in total. The first-order valence-electron chi connectivity index (χ1n) is 6.35. The van der Waals surface area contributed by atoms with Gasteiger partial charge < -0.3 is 15.0 Å². The van der Waals surface area contributed by atoms with E-state index in [1.165, 1.54) is 6.07 Å². The standard InChI is InChI=1S/C13H17N3O4/c1-14-11-4-3-9(7-12(11)16(18)19)13(17)15(2)10-5-6-20-8-10/h3-4,7,10,14H,5-6,8H2,1-2H3. The van der Waals surface area contributed by atoms with E-state index in [1.807, 2.05) is 0 Å². The first kappa shape index (κ1) is 14.3. The van der Waals surface area contributed by atoms with Crippen LogP contribution in [0.4, 0.5) is 11.4 Å². The van der Waals surface area contributed by atoms with Gasteiger partial charge in [-0.3, -0.25) is 14.9 Å². The van der Waals surface area contributed by atoms with Gasteiger partial charge in [-0.2, -0.15) is 0 Å². The van der Waals surface area contributed by atoms with Crippen molar-refractivity contribution >= 4 is 17.3 Å². The lowest BCUT2D eigenvalue weighted by molar-refractivity contribution is -0.384. The number of likely N-dealkylation sites (N-methyl/N-ethyl adjacent to an activating group) is 1. The number of anilines is 1. The summed E-state index contributed by atoms with van der Waals surface area (Å²) < 4.78 is 5.25. The maximum atomic E-state index is 12.3. The van der Waals surface area contributed by atoms with Crippen LogP contribution in [0.2, 0.25) is 0 Å². The van der Waals surface area contributed by atoms with Crippen molar-refractivity contribution in [1.29, 1.82) is 0 Å². The Morgan fingerprint density at radius 1 is 1.55 bits per heavy atom. The molecule has 1 heterocycles. The fourth-order valence-corrected chi connectivity index (χ4v) is 2.22. The number of rotatable bonds is 4. The first-order chi connectivity index (χ1) is 9.54. The second-order valence-electron chi connectivity index (χ2n) is 4.67. The van der Waals surface area contributed by atoms with Gasteiger partial charge in [0.1, 0.15) is 5.69 Å². The average molecular weight is 279 g/mol. The minimum absolute atomic E-state index is 0.0329. The molecule has 1 aliphatic heterocycles. The summed E-state index contributed by atoms with van der Waals surface area (Å²) in [6, 6.07) is 4.48. The Kier molecular flexibility index (Phi) is 4.19. The van der Waals surface area contributed by atoms with Gasteiger partial charge in [-0.1, -0.05) is 0 Å². The fourth-order valence-electron chi connectivity index (χ4n) is 2.22. The molecule has 108 valence electrons. The molecule has 7 nitrogen and oxygen atoms in total. The maximum absolute atomic E-state index is 12.3. The lowest BCUT2D eigenvalue weighted by Crippen LogP contribution is -2.37. The Balaban J connectivity index is 2.25. The monoisotopic (exact) mass is 279 g/mol. The van der Waals surface area contributed by atoms with Crippen molar-refractivity contribution in [2.75, 3.05) is 32.6 Å². The van der Waals surface area contributed by atoms with Gasteiger partial charge in [-0.05, 0) is 18.6 Å². The van der Waals surface area contributed by atoms with Crippen molar-refractivity contribution in [2.45, 2.75) is 12.5 Å².